The molecular weight excluding hydrogens is 483 g/mol. The standard InChI is InChI=1S/C25H25FN6O5/c1-14(33)29-11-19-12-32(25(36)37-19)18-6-7-20(21(26)9-18)15-2-4-16(5-3-15)24(35)31-22(23(27)34)8-17-10-28-13-30-17/h2-7,9-10,13,19,22H,8,11-12H2,1H3,(H2,27,34)(H,28,30)(H,29,33)(H,31,35). The van der Waals surface area contributed by atoms with Crippen LogP contribution in [0.1, 0.15) is 23.0 Å². The van der Waals surface area contributed by atoms with E-state index in [1.54, 1.807) is 18.2 Å². The molecule has 1 aromatic heterocycles. The molecule has 4 rings (SSSR count). The normalized spacial score (nSPS) is 15.7. The number of nitrogens with one attached hydrogen (secondary N) is 3. The summed E-state index contributed by atoms with van der Waals surface area (Å²) >= 11 is 0. The van der Waals surface area contributed by atoms with Crippen LogP contribution >= 0.6 is 0 Å². The number of cyclic esters (lactones) is 1. The number of halogens is 1. The van der Waals surface area contributed by atoms with Gasteiger partial charge in [0.2, 0.25) is 11.8 Å². The lowest BCUT2D eigenvalue weighted by Crippen LogP contribution is -2.45. The fraction of sp³-hybridized carbons (Fsp3) is 0.240. The molecule has 1 fully saturated rings. The zero-order valence-corrected chi connectivity index (χ0v) is 19.9. The van der Waals surface area contributed by atoms with E-state index < -0.39 is 35.9 Å². The molecule has 0 radical (unpaired) electrons. The van der Waals surface area contributed by atoms with Gasteiger partial charge in [0, 0.05) is 36.4 Å². The van der Waals surface area contributed by atoms with Crippen LogP contribution in [0.5, 0.6) is 0 Å². The third kappa shape index (κ3) is 6.10. The first-order chi connectivity index (χ1) is 17.7. The number of carbonyl (C=O) groups excluding carboxylic acids is 4. The maximum absolute atomic E-state index is 15.0. The van der Waals surface area contributed by atoms with Crippen molar-refractivity contribution in [3.05, 3.63) is 72.1 Å². The van der Waals surface area contributed by atoms with Gasteiger partial charge in [0.25, 0.3) is 5.91 Å². The van der Waals surface area contributed by atoms with Gasteiger partial charge >= 0.3 is 6.09 Å². The summed E-state index contributed by atoms with van der Waals surface area (Å²) in [5, 5.41) is 5.18. The van der Waals surface area contributed by atoms with Crippen molar-refractivity contribution >= 4 is 29.5 Å². The van der Waals surface area contributed by atoms with E-state index in [1.165, 1.54) is 48.6 Å². The fourth-order valence-corrected chi connectivity index (χ4v) is 3.88. The molecule has 1 saturated heterocycles. The maximum atomic E-state index is 15.0. The number of rotatable bonds is 9. The molecule has 3 aromatic rings. The van der Waals surface area contributed by atoms with Crippen LogP contribution in [0.4, 0.5) is 14.9 Å². The molecule has 4 amide bonds. The van der Waals surface area contributed by atoms with E-state index in [4.69, 9.17) is 10.5 Å². The number of imidazole rings is 1. The lowest BCUT2D eigenvalue weighted by atomic mass is 10.0. The number of aromatic nitrogens is 2. The van der Waals surface area contributed by atoms with Gasteiger partial charge in [0.1, 0.15) is 18.0 Å². The van der Waals surface area contributed by atoms with Gasteiger partial charge in [-0.3, -0.25) is 19.3 Å². The number of primary amides is 1. The van der Waals surface area contributed by atoms with Crippen molar-refractivity contribution in [3.63, 3.8) is 0 Å². The summed E-state index contributed by atoms with van der Waals surface area (Å²) in [6.45, 7) is 1.71. The highest BCUT2D eigenvalue weighted by molar-refractivity contribution is 5.97. The maximum Gasteiger partial charge on any atom is 0.414 e. The summed E-state index contributed by atoms with van der Waals surface area (Å²) in [6.07, 6.45) is 2.00. The van der Waals surface area contributed by atoms with E-state index in [2.05, 4.69) is 20.6 Å². The van der Waals surface area contributed by atoms with E-state index >= 15 is 0 Å². The summed E-state index contributed by atoms with van der Waals surface area (Å²) in [5.74, 6) is -2.01. The van der Waals surface area contributed by atoms with Crippen LogP contribution in [-0.4, -0.2) is 59.0 Å². The van der Waals surface area contributed by atoms with Gasteiger partial charge in [-0.2, -0.15) is 0 Å². The van der Waals surface area contributed by atoms with Crippen LogP contribution in [0.3, 0.4) is 0 Å². The first-order valence-electron chi connectivity index (χ1n) is 11.4. The number of anilines is 1. The molecule has 37 heavy (non-hydrogen) atoms. The Balaban J connectivity index is 1.42. The van der Waals surface area contributed by atoms with Crippen LogP contribution in [0, 0.1) is 5.82 Å². The molecule has 0 bridgehead atoms. The van der Waals surface area contributed by atoms with Gasteiger partial charge < -0.3 is 26.1 Å². The number of hydrogen-bond acceptors (Lipinski definition) is 6. The number of nitrogens with zero attached hydrogens (tertiary/aromatic N) is 2. The Morgan fingerprint density at radius 2 is 2.00 bits per heavy atom. The topological polar surface area (TPSA) is 160 Å². The smallest absolute Gasteiger partial charge is 0.414 e. The Hall–Kier alpha value is -4.74. The largest absolute Gasteiger partial charge is 0.442 e. The van der Waals surface area contributed by atoms with E-state index in [1.807, 2.05) is 0 Å². The highest BCUT2D eigenvalue weighted by Gasteiger charge is 2.32. The molecule has 2 aromatic carbocycles. The zero-order chi connectivity index (χ0) is 26.5. The molecule has 2 heterocycles. The van der Waals surface area contributed by atoms with E-state index in [-0.39, 0.29) is 36.5 Å². The number of carbonyl (C=O) groups is 4. The van der Waals surface area contributed by atoms with Gasteiger partial charge in [-0.25, -0.2) is 14.2 Å². The van der Waals surface area contributed by atoms with E-state index in [0.29, 0.717) is 16.9 Å². The second kappa shape index (κ2) is 10.9. The first-order valence-corrected chi connectivity index (χ1v) is 11.4. The Morgan fingerprint density at radius 1 is 1.24 bits per heavy atom. The minimum atomic E-state index is -0.937. The van der Waals surface area contributed by atoms with Crippen LogP contribution in [0.2, 0.25) is 0 Å². The van der Waals surface area contributed by atoms with Crippen molar-refractivity contribution in [3.8, 4) is 11.1 Å². The number of amides is 4. The summed E-state index contributed by atoms with van der Waals surface area (Å²) in [4.78, 5) is 55.7. The van der Waals surface area contributed by atoms with Gasteiger partial charge in [-0.05, 0) is 35.9 Å². The fourth-order valence-electron chi connectivity index (χ4n) is 3.88. The SMILES string of the molecule is CC(=O)NCC1CN(c2ccc(-c3ccc(C(=O)NC(Cc4cnc[nH]4)C(N)=O)cc3)c(F)c2)C(=O)O1. The number of aromatic amines is 1. The Morgan fingerprint density at radius 3 is 2.62 bits per heavy atom. The van der Waals surface area contributed by atoms with Crippen LogP contribution in [0.15, 0.2) is 55.0 Å². The average molecular weight is 509 g/mol. The van der Waals surface area contributed by atoms with Crippen molar-refractivity contribution in [1.82, 2.24) is 20.6 Å². The number of nitrogens with two attached hydrogens (primary N) is 1. The van der Waals surface area contributed by atoms with Crippen molar-refractivity contribution in [2.24, 2.45) is 5.73 Å². The van der Waals surface area contributed by atoms with Crippen molar-refractivity contribution in [2.45, 2.75) is 25.5 Å². The molecular formula is C25H25FN6O5. The highest BCUT2D eigenvalue weighted by Crippen LogP contribution is 2.29. The summed E-state index contributed by atoms with van der Waals surface area (Å²) in [5.41, 5.74) is 7.43. The predicted octanol–water partition coefficient (Wildman–Crippen LogP) is 1.50. The monoisotopic (exact) mass is 508 g/mol. The molecule has 2 unspecified atom stereocenters. The molecule has 1 aliphatic heterocycles. The van der Waals surface area contributed by atoms with E-state index in [9.17, 15) is 23.6 Å². The molecule has 0 saturated carbocycles. The van der Waals surface area contributed by atoms with E-state index in [0.717, 1.165) is 0 Å². The Bertz CT molecular complexity index is 1310. The predicted molar refractivity (Wildman–Crippen MR) is 131 cm³/mol. The number of ether oxygens (including phenoxy) is 1. The average Bonchev–Trinajstić information content (AvgIpc) is 3.51. The van der Waals surface area contributed by atoms with Crippen LogP contribution in [-0.2, 0) is 20.7 Å². The molecule has 5 N–H and O–H groups in total. The highest BCUT2D eigenvalue weighted by atomic mass is 19.1. The van der Waals surface area contributed by atoms with Gasteiger partial charge in [-0.1, -0.05) is 12.1 Å². The number of H-pyrrole nitrogens is 1. The Labute approximate surface area is 211 Å². The summed E-state index contributed by atoms with van der Waals surface area (Å²) in [6, 6.07) is 9.59. The second-order valence-corrected chi connectivity index (χ2v) is 8.50. The van der Waals surface area contributed by atoms with Crippen molar-refractivity contribution in [2.75, 3.05) is 18.0 Å². The molecule has 192 valence electrons. The van der Waals surface area contributed by atoms with Crippen LogP contribution in [0.25, 0.3) is 11.1 Å². The van der Waals surface area contributed by atoms with Gasteiger partial charge in [0.15, 0.2) is 0 Å². The second-order valence-electron chi connectivity index (χ2n) is 8.50. The minimum absolute atomic E-state index is 0.162. The molecule has 0 aliphatic carbocycles. The molecule has 2 atom stereocenters. The number of benzene rings is 2. The van der Waals surface area contributed by atoms with Gasteiger partial charge in [0.05, 0.1) is 25.1 Å². The molecule has 12 heteroatoms. The summed E-state index contributed by atoms with van der Waals surface area (Å²) in [7, 11) is 0. The first kappa shape index (κ1) is 25.4. The van der Waals surface area contributed by atoms with Crippen molar-refractivity contribution < 1.29 is 28.3 Å². The number of hydrogen-bond donors (Lipinski definition) is 4. The third-order valence-electron chi connectivity index (χ3n) is 5.80. The quantitative estimate of drug-likeness (QED) is 0.343. The zero-order valence-electron chi connectivity index (χ0n) is 19.9. The Kier molecular flexibility index (Phi) is 7.47. The molecule has 1 aliphatic rings. The van der Waals surface area contributed by atoms with Gasteiger partial charge in [-0.15, -0.1) is 0 Å². The van der Waals surface area contributed by atoms with Crippen molar-refractivity contribution in [1.29, 1.82) is 0 Å². The molecule has 11 nitrogen and oxygen atoms in total. The van der Waals surface area contributed by atoms with Crippen LogP contribution < -0.4 is 21.3 Å². The lowest BCUT2D eigenvalue weighted by Gasteiger charge is -2.15. The minimum Gasteiger partial charge on any atom is -0.442 e. The lowest BCUT2D eigenvalue weighted by molar-refractivity contribution is -0.120. The third-order valence-corrected chi connectivity index (χ3v) is 5.80. The molecule has 0 spiro atoms. The summed E-state index contributed by atoms with van der Waals surface area (Å²) < 4.78 is 20.2.